The van der Waals surface area contributed by atoms with E-state index in [9.17, 15) is 18.3 Å². The van der Waals surface area contributed by atoms with Gasteiger partial charge in [0.1, 0.15) is 5.75 Å². The number of nitrogens with two attached hydrogens (primary N) is 1. The minimum absolute atomic E-state index is 0.184. The minimum atomic E-state index is -3.62. The first-order chi connectivity index (χ1) is 11.8. The molecule has 1 saturated heterocycles. The number of hydrogen-bond acceptors (Lipinski definition) is 5. The Hall–Kier alpha value is -1.64. The number of carbonyl (C=O) groups is 1. The molecule has 25 heavy (non-hydrogen) atoms. The van der Waals surface area contributed by atoms with Gasteiger partial charge in [-0.1, -0.05) is 6.42 Å². The van der Waals surface area contributed by atoms with Gasteiger partial charge in [-0.05, 0) is 49.9 Å². The molecule has 1 spiro atoms. The van der Waals surface area contributed by atoms with Crippen LogP contribution in [-0.2, 0) is 14.8 Å². The van der Waals surface area contributed by atoms with Crippen molar-refractivity contribution < 1.29 is 23.1 Å². The Bertz CT molecular complexity index is 734. The zero-order valence-corrected chi connectivity index (χ0v) is 14.9. The number of aliphatic hydroxyl groups is 1. The molecule has 138 valence electrons. The molecule has 1 aliphatic heterocycles. The smallest absolute Gasteiger partial charge is 0.255 e. The summed E-state index contributed by atoms with van der Waals surface area (Å²) in [5.41, 5.74) is 4.72. The molecule has 1 amide bonds. The molecular formula is C17H24N2O5S. The number of nitrogens with zero attached hydrogens (tertiary/aromatic N) is 1. The predicted octanol–water partition coefficient (Wildman–Crippen LogP) is 0.866. The fourth-order valence-electron chi connectivity index (χ4n) is 3.93. The van der Waals surface area contributed by atoms with Gasteiger partial charge in [-0.3, -0.25) is 4.79 Å². The first kappa shape index (κ1) is 18.2. The lowest BCUT2D eigenvalue weighted by atomic mass is 9.77. The van der Waals surface area contributed by atoms with Crippen molar-refractivity contribution in [3.8, 4) is 5.75 Å². The summed E-state index contributed by atoms with van der Waals surface area (Å²) in [6, 6.07) is 5.97. The summed E-state index contributed by atoms with van der Waals surface area (Å²) < 4.78 is 32.5. The lowest BCUT2D eigenvalue weighted by molar-refractivity contribution is -0.119. The van der Waals surface area contributed by atoms with Crippen LogP contribution in [0.2, 0.25) is 0 Å². The van der Waals surface area contributed by atoms with E-state index >= 15 is 0 Å². The van der Waals surface area contributed by atoms with Crippen LogP contribution in [0.3, 0.4) is 0 Å². The highest BCUT2D eigenvalue weighted by Crippen LogP contribution is 2.46. The maximum atomic E-state index is 12.9. The number of rotatable bonds is 5. The van der Waals surface area contributed by atoms with Crippen LogP contribution < -0.4 is 10.5 Å². The summed E-state index contributed by atoms with van der Waals surface area (Å²) in [7, 11) is -3.62. The molecule has 1 aromatic rings. The van der Waals surface area contributed by atoms with E-state index in [0.717, 1.165) is 32.1 Å². The highest BCUT2D eigenvalue weighted by molar-refractivity contribution is 7.89. The zero-order valence-electron chi connectivity index (χ0n) is 14.1. The van der Waals surface area contributed by atoms with Crippen LogP contribution in [0.5, 0.6) is 5.75 Å². The number of benzene rings is 1. The van der Waals surface area contributed by atoms with E-state index in [1.54, 1.807) is 0 Å². The Morgan fingerprint density at radius 1 is 1.28 bits per heavy atom. The van der Waals surface area contributed by atoms with E-state index in [0.29, 0.717) is 18.8 Å². The molecule has 7 nitrogen and oxygen atoms in total. The largest absolute Gasteiger partial charge is 0.484 e. The molecular weight excluding hydrogens is 344 g/mol. The normalized spacial score (nSPS) is 27.5. The predicted molar refractivity (Wildman–Crippen MR) is 91.4 cm³/mol. The van der Waals surface area contributed by atoms with Crippen LogP contribution in [0.1, 0.15) is 32.1 Å². The average Bonchev–Trinajstić information content (AvgIpc) is 2.93. The molecule has 0 bridgehead atoms. The number of carbonyl (C=O) groups excluding carboxylic acids is 1. The van der Waals surface area contributed by atoms with Crippen molar-refractivity contribution in [1.82, 2.24) is 4.31 Å². The van der Waals surface area contributed by atoms with Crippen molar-refractivity contribution in [2.45, 2.75) is 43.1 Å². The van der Waals surface area contributed by atoms with Gasteiger partial charge in [0.2, 0.25) is 10.0 Å². The molecule has 2 atom stereocenters. The van der Waals surface area contributed by atoms with Crippen LogP contribution in [-0.4, -0.2) is 49.5 Å². The van der Waals surface area contributed by atoms with Gasteiger partial charge in [-0.25, -0.2) is 8.42 Å². The fraction of sp³-hybridized carbons (Fsp3) is 0.588. The number of amides is 1. The third-order valence-corrected chi connectivity index (χ3v) is 7.13. The number of hydrogen-bond donors (Lipinski definition) is 2. The molecule has 1 aliphatic carbocycles. The zero-order chi connectivity index (χ0) is 18.1. The van der Waals surface area contributed by atoms with E-state index in [4.69, 9.17) is 10.5 Å². The van der Waals surface area contributed by atoms with Crippen LogP contribution in [0, 0.1) is 5.41 Å². The van der Waals surface area contributed by atoms with Crippen molar-refractivity contribution in [2.24, 2.45) is 11.1 Å². The van der Waals surface area contributed by atoms with Gasteiger partial charge in [0.05, 0.1) is 11.0 Å². The van der Waals surface area contributed by atoms with E-state index in [2.05, 4.69) is 0 Å². The number of aliphatic hydroxyl groups excluding tert-OH is 1. The fourth-order valence-corrected chi connectivity index (χ4v) is 5.50. The lowest BCUT2D eigenvalue weighted by Crippen LogP contribution is -2.49. The van der Waals surface area contributed by atoms with E-state index in [-0.39, 0.29) is 16.9 Å². The van der Waals surface area contributed by atoms with Crippen molar-refractivity contribution in [3.63, 3.8) is 0 Å². The Morgan fingerprint density at radius 2 is 1.96 bits per heavy atom. The SMILES string of the molecule is NC(=O)COc1ccc(S(=O)(=O)N2CCC[C@]3(CCC[C@H]3O)C2)cc1. The summed E-state index contributed by atoms with van der Waals surface area (Å²) in [6.07, 6.45) is 3.78. The number of primary amides is 1. The summed E-state index contributed by atoms with van der Waals surface area (Å²) >= 11 is 0. The van der Waals surface area contributed by atoms with Crippen molar-refractivity contribution in [1.29, 1.82) is 0 Å². The second-order valence-electron chi connectivity index (χ2n) is 6.94. The van der Waals surface area contributed by atoms with E-state index in [1.807, 2.05) is 0 Å². The molecule has 3 rings (SSSR count). The highest BCUT2D eigenvalue weighted by Gasteiger charge is 2.47. The van der Waals surface area contributed by atoms with E-state index < -0.39 is 22.0 Å². The molecule has 8 heteroatoms. The maximum Gasteiger partial charge on any atom is 0.255 e. The lowest BCUT2D eigenvalue weighted by Gasteiger charge is -2.41. The molecule has 1 aromatic carbocycles. The average molecular weight is 368 g/mol. The maximum absolute atomic E-state index is 12.9. The quantitative estimate of drug-likeness (QED) is 0.801. The van der Waals surface area contributed by atoms with Crippen molar-refractivity contribution in [3.05, 3.63) is 24.3 Å². The first-order valence-electron chi connectivity index (χ1n) is 8.53. The molecule has 1 heterocycles. The molecule has 1 saturated carbocycles. The number of piperidine rings is 1. The summed E-state index contributed by atoms with van der Waals surface area (Å²) in [5, 5.41) is 10.3. The van der Waals surface area contributed by atoms with Gasteiger partial charge in [-0.15, -0.1) is 0 Å². The van der Waals surface area contributed by atoms with Crippen molar-refractivity contribution in [2.75, 3.05) is 19.7 Å². The molecule has 3 N–H and O–H groups in total. The van der Waals surface area contributed by atoms with Crippen LogP contribution >= 0.6 is 0 Å². The van der Waals surface area contributed by atoms with Crippen LogP contribution in [0.4, 0.5) is 0 Å². The standard InChI is InChI=1S/C17H24N2O5S/c18-16(21)11-24-13-4-6-14(7-5-13)25(22,23)19-10-2-9-17(12-19)8-1-3-15(17)20/h4-7,15,20H,1-3,8-12H2,(H2,18,21)/t15-,17-/m1/s1. The molecule has 2 fully saturated rings. The Labute approximate surface area is 147 Å². The number of sulfonamides is 1. The Morgan fingerprint density at radius 3 is 2.56 bits per heavy atom. The first-order valence-corrected chi connectivity index (χ1v) is 9.97. The number of ether oxygens (including phenoxy) is 1. The molecule has 0 unspecified atom stereocenters. The van der Waals surface area contributed by atoms with Crippen LogP contribution in [0.25, 0.3) is 0 Å². The van der Waals surface area contributed by atoms with Gasteiger partial charge in [-0.2, -0.15) is 4.31 Å². The topological polar surface area (TPSA) is 110 Å². The highest BCUT2D eigenvalue weighted by atomic mass is 32.2. The minimum Gasteiger partial charge on any atom is -0.484 e. The Kier molecular flexibility index (Phi) is 5.04. The monoisotopic (exact) mass is 368 g/mol. The van der Waals surface area contributed by atoms with E-state index in [1.165, 1.54) is 28.6 Å². The third kappa shape index (κ3) is 3.65. The second kappa shape index (κ2) is 6.93. The van der Waals surface area contributed by atoms with Gasteiger partial charge >= 0.3 is 0 Å². The molecule has 2 aliphatic rings. The molecule has 0 radical (unpaired) electrons. The summed E-state index contributed by atoms with van der Waals surface area (Å²) in [5.74, 6) is -0.204. The van der Waals surface area contributed by atoms with Gasteiger partial charge in [0, 0.05) is 18.5 Å². The summed E-state index contributed by atoms with van der Waals surface area (Å²) in [6.45, 7) is 0.589. The van der Waals surface area contributed by atoms with Crippen LogP contribution in [0.15, 0.2) is 29.2 Å². The Balaban J connectivity index is 1.75. The van der Waals surface area contributed by atoms with Gasteiger partial charge in [0.25, 0.3) is 5.91 Å². The third-order valence-electron chi connectivity index (χ3n) is 5.28. The molecule has 0 aromatic heterocycles. The summed E-state index contributed by atoms with van der Waals surface area (Å²) in [4.78, 5) is 10.9. The van der Waals surface area contributed by atoms with Gasteiger partial charge < -0.3 is 15.6 Å². The van der Waals surface area contributed by atoms with Crippen molar-refractivity contribution >= 4 is 15.9 Å². The second-order valence-corrected chi connectivity index (χ2v) is 8.88. The van der Waals surface area contributed by atoms with Gasteiger partial charge in [0.15, 0.2) is 6.61 Å².